The molecule has 0 atom stereocenters. The van der Waals surface area contributed by atoms with Crippen LogP contribution in [-0.2, 0) is 6.18 Å². The fourth-order valence-electron chi connectivity index (χ4n) is 1.24. The summed E-state index contributed by atoms with van der Waals surface area (Å²) >= 11 is 0.581. The van der Waals surface area contributed by atoms with Crippen LogP contribution in [0.15, 0.2) is 0 Å². The summed E-state index contributed by atoms with van der Waals surface area (Å²) in [7, 11) is 0. The topological polar surface area (TPSA) is 41.0 Å². The van der Waals surface area contributed by atoms with Gasteiger partial charge in [0.05, 0.1) is 0 Å². The second-order valence-electron chi connectivity index (χ2n) is 3.32. The predicted octanol–water partition coefficient (Wildman–Crippen LogP) is 1.99. The maximum Gasteiger partial charge on any atom is 0.445 e. The first kappa shape index (κ1) is 14.2. The van der Waals surface area contributed by atoms with E-state index < -0.39 is 11.2 Å². The molecule has 0 radical (unpaired) electrons. The molecular weight excluding hydrogens is 253 g/mol. The van der Waals surface area contributed by atoms with E-state index >= 15 is 0 Å². The van der Waals surface area contributed by atoms with E-state index in [0.29, 0.717) is 36.1 Å². The van der Waals surface area contributed by atoms with E-state index in [4.69, 9.17) is 0 Å². The van der Waals surface area contributed by atoms with Crippen molar-refractivity contribution in [3.8, 4) is 0 Å². The van der Waals surface area contributed by atoms with Crippen LogP contribution in [0.5, 0.6) is 0 Å². The van der Waals surface area contributed by atoms with E-state index in [1.807, 2.05) is 13.8 Å². The summed E-state index contributed by atoms with van der Waals surface area (Å²) in [5.41, 5.74) is 0. The average Bonchev–Trinajstić information content (AvgIpc) is 2.73. The van der Waals surface area contributed by atoms with Crippen molar-refractivity contribution in [2.75, 3.05) is 31.1 Å². The van der Waals surface area contributed by atoms with Crippen LogP contribution >= 0.6 is 11.3 Å². The molecule has 0 fully saturated rings. The Morgan fingerprint density at radius 2 is 2.00 bits per heavy atom. The van der Waals surface area contributed by atoms with Crippen molar-refractivity contribution >= 4 is 16.5 Å². The van der Waals surface area contributed by atoms with Crippen LogP contribution in [0.1, 0.15) is 18.9 Å². The third-order valence-corrected chi connectivity index (χ3v) is 3.15. The summed E-state index contributed by atoms with van der Waals surface area (Å²) in [6.07, 6.45) is -4.41. The highest BCUT2D eigenvalue weighted by Gasteiger charge is 2.36. The molecule has 0 saturated heterocycles. The van der Waals surface area contributed by atoms with E-state index in [1.165, 1.54) is 0 Å². The summed E-state index contributed by atoms with van der Waals surface area (Å²) in [5, 5.41) is 9.28. The molecule has 98 valence electrons. The lowest BCUT2D eigenvalue weighted by Gasteiger charge is -2.18. The number of alkyl halides is 3. The highest BCUT2D eigenvalue weighted by Crippen LogP contribution is 2.34. The molecule has 4 nitrogen and oxygen atoms in total. The number of likely N-dealkylation sites (N-methyl/N-ethyl adjacent to an activating group) is 2. The van der Waals surface area contributed by atoms with Gasteiger partial charge in [-0.25, -0.2) is 0 Å². The molecular formula is C9H15F3N4S. The van der Waals surface area contributed by atoms with Gasteiger partial charge >= 0.3 is 6.18 Å². The number of aromatic nitrogens is 2. The Morgan fingerprint density at radius 1 is 1.29 bits per heavy atom. The van der Waals surface area contributed by atoms with Crippen LogP contribution in [0.4, 0.5) is 18.3 Å². The zero-order valence-electron chi connectivity index (χ0n) is 9.71. The fourth-order valence-corrected chi connectivity index (χ4v) is 2.04. The largest absolute Gasteiger partial charge is 0.445 e. The summed E-state index contributed by atoms with van der Waals surface area (Å²) in [6.45, 7) is 6.63. The summed E-state index contributed by atoms with van der Waals surface area (Å²) in [5.74, 6) is 0. The van der Waals surface area contributed by atoms with Gasteiger partial charge in [-0.2, -0.15) is 13.2 Å². The Kier molecular flexibility index (Phi) is 5.13. The Labute approximate surface area is 102 Å². The molecule has 0 bridgehead atoms. The summed E-state index contributed by atoms with van der Waals surface area (Å²) < 4.78 is 37.1. The van der Waals surface area contributed by atoms with Crippen LogP contribution in [0.2, 0.25) is 0 Å². The minimum absolute atomic E-state index is 0.317. The molecule has 0 aliphatic rings. The minimum Gasteiger partial charge on any atom is -0.346 e. The van der Waals surface area contributed by atoms with Gasteiger partial charge in [-0.3, -0.25) is 0 Å². The van der Waals surface area contributed by atoms with Gasteiger partial charge in [0.25, 0.3) is 0 Å². The number of nitrogens with one attached hydrogen (secondary N) is 1. The predicted molar refractivity (Wildman–Crippen MR) is 61.3 cm³/mol. The molecule has 1 heterocycles. The lowest BCUT2D eigenvalue weighted by atomic mass is 10.5. The molecule has 1 aromatic rings. The second-order valence-corrected chi connectivity index (χ2v) is 4.28. The molecule has 1 aromatic heterocycles. The Bertz CT molecular complexity index is 339. The average molecular weight is 268 g/mol. The third kappa shape index (κ3) is 4.12. The van der Waals surface area contributed by atoms with Crippen molar-refractivity contribution in [1.82, 2.24) is 15.5 Å². The number of anilines is 1. The molecule has 1 N–H and O–H groups in total. The monoisotopic (exact) mass is 268 g/mol. The Balaban J connectivity index is 2.66. The minimum atomic E-state index is -4.41. The van der Waals surface area contributed by atoms with Crippen molar-refractivity contribution in [2.45, 2.75) is 20.0 Å². The molecule has 0 unspecified atom stereocenters. The zero-order chi connectivity index (χ0) is 12.9. The molecule has 0 aliphatic heterocycles. The normalized spacial score (nSPS) is 11.8. The summed E-state index contributed by atoms with van der Waals surface area (Å²) in [6, 6.07) is 0. The molecule has 17 heavy (non-hydrogen) atoms. The van der Waals surface area contributed by atoms with E-state index in [-0.39, 0.29) is 0 Å². The van der Waals surface area contributed by atoms with Gasteiger partial charge < -0.3 is 10.2 Å². The van der Waals surface area contributed by atoms with Crippen molar-refractivity contribution < 1.29 is 13.2 Å². The lowest BCUT2D eigenvalue weighted by molar-refractivity contribution is -0.138. The number of hydrogen-bond donors (Lipinski definition) is 1. The Morgan fingerprint density at radius 3 is 2.47 bits per heavy atom. The molecule has 0 spiro atoms. The van der Waals surface area contributed by atoms with Gasteiger partial charge in [-0.1, -0.05) is 18.3 Å². The number of hydrogen-bond acceptors (Lipinski definition) is 5. The first-order valence-corrected chi connectivity index (χ1v) is 6.17. The van der Waals surface area contributed by atoms with Crippen molar-refractivity contribution in [3.63, 3.8) is 0 Å². The van der Waals surface area contributed by atoms with Crippen LogP contribution in [0.3, 0.4) is 0 Å². The van der Waals surface area contributed by atoms with Crippen LogP contribution in [0.25, 0.3) is 0 Å². The molecule has 0 saturated carbocycles. The van der Waals surface area contributed by atoms with Crippen LogP contribution in [-0.4, -0.2) is 36.4 Å². The highest BCUT2D eigenvalue weighted by atomic mass is 32.1. The van der Waals surface area contributed by atoms with Gasteiger partial charge in [-0.05, 0) is 13.5 Å². The van der Waals surface area contributed by atoms with E-state index in [0.717, 1.165) is 6.54 Å². The maximum absolute atomic E-state index is 12.4. The number of halogens is 3. The first-order chi connectivity index (χ1) is 7.99. The van der Waals surface area contributed by atoms with Crippen LogP contribution in [0, 0.1) is 0 Å². The van der Waals surface area contributed by atoms with Gasteiger partial charge in [-0.15, -0.1) is 10.2 Å². The van der Waals surface area contributed by atoms with E-state index in [9.17, 15) is 13.2 Å². The molecule has 0 amide bonds. The molecule has 0 aromatic carbocycles. The SMILES string of the molecule is CCNCCN(CC)c1nnc(C(F)(F)F)s1. The molecule has 8 heteroatoms. The van der Waals surface area contributed by atoms with Crippen LogP contribution < -0.4 is 10.2 Å². The standard InChI is InChI=1S/C9H15F3N4S/c1-3-13-5-6-16(4-2)8-15-14-7(17-8)9(10,11)12/h13H,3-6H2,1-2H3. The Hall–Kier alpha value is -0.890. The highest BCUT2D eigenvalue weighted by molar-refractivity contribution is 7.15. The van der Waals surface area contributed by atoms with Gasteiger partial charge in [0.15, 0.2) is 0 Å². The smallest absolute Gasteiger partial charge is 0.346 e. The number of nitrogens with zero attached hydrogens (tertiary/aromatic N) is 3. The quantitative estimate of drug-likeness (QED) is 0.801. The van der Waals surface area contributed by atoms with Crippen molar-refractivity contribution in [1.29, 1.82) is 0 Å². The van der Waals surface area contributed by atoms with Gasteiger partial charge in [0, 0.05) is 19.6 Å². The van der Waals surface area contributed by atoms with Gasteiger partial charge in [0.2, 0.25) is 10.1 Å². The van der Waals surface area contributed by atoms with Crippen molar-refractivity contribution in [3.05, 3.63) is 5.01 Å². The lowest BCUT2D eigenvalue weighted by Crippen LogP contribution is -2.31. The van der Waals surface area contributed by atoms with Gasteiger partial charge in [0.1, 0.15) is 0 Å². The molecule has 0 aliphatic carbocycles. The first-order valence-electron chi connectivity index (χ1n) is 5.35. The zero-order valence-corrected chi connectivity index (χ0v) is 10.5. The van der Waals surface area contributed by atoms with Crippen molar-refractivity contribution in [2.24, 2.45) is 0 Å². The second kappa shape index (κ2) is 6.15. The number of rotatable bonds is 6. The maximum atomic E-state index is 12.4. The van der Waals surface area contributed by atoms with E-state index in [1.54, 1.807) is 4.90 Å². The van der Waals surface area contributed by atoms with E-state index in [2.05, 4.69) is 15.5 Å². The fraction of sp³-hybridized carbons (Fsp3) is 0.778. The molecule has 1 rings (SSSR count). The summed E-state index contributed by atoms with van der Waals surface area (Å²) in [4.78, 5) is 1.77. The third-order valence-electron chi connectivity index (χ3n) is 2.12.